The molecule has 2 aromatic carbocycles. The van der Waals surface area contributed by atoms with Crippen LogP contribution in [0.2, 0.25) is 5.02 Å². The molecule has 1 fully saturated rings. The van der Waals surface area contributed by atoms with E-state index in [1.807, 2.05) is 0 Å². The van der Waals surface area contributed by atoms with Crippen molar-refractivity contribution in [2.45, 2.75) is 25.5 Å². The Morgan fingerprint density at radius 2 is 1.77 bits per heavy atom. The van der Waals surface area contributed by atoms with Crippen LogP contribution in [-0.4, -0.2) is 24.5 Å². The molecule has 0 spiro atoms. The predicted molar refractivity (Wildman–Crippen MR) is 93.0 cm³/mol. The maximum atomic E-state index is 12.3. The van der Waals surface area contributed by atoms with Crippen molar-refractivity contribution in [3.05, 3.63) is 58.6 Å². The van der Waals surface area contributed by atoms with Crippen LogP contribution in [0.4, 0.5) is 14.5 Å². The Labute approximate surface area is 153 Å². The smallest absolute Gasteiger partial charge is 0.387 e. The van der Waals surface area contributed by atoms with Crippen molar-refractivity contribution >= 4 is 29.1 Å². The third kappa shape index (κ3) is 4.70. The summed E-state index contributed by atoms with van der Waals surface area (Å²) in [6.45, 7) is -2.93. The number of anilines is 1. The van der Waals surface area contributed by atoms with Crippen LogP contribution >= 0.6 is 11.6 Å². The Morgan fingerprint density at radius 3 is 2.38 bits per heavy atom. The molecule has 0 aromatic heterocycles. The van der Waals surface area contributed by atoms with Crippen molar-refractivity contribution in [3.8, 4) is 5.75 Å². The maximum Gasteiger partial charge on any atom is 0.387 e. The average Bonchev–Trinajstić information content (AvgIpc) is 3.40. The number of carbonyl (C=O) groups is 2. The molecule has 0 unspecified atom stereocenters. The molecule has 1 aliphatic carbocycles. The van der Waals surface area contributed by atoms with Crippen molar-refractivity contribution in [2.75, 3.05) is 5.32 Å². The molecule has 0 saturated heterocycles. The number of hydrogen-bond acceptors (Lipinski definition) is 3. The van der Waals surface area contributed by atoms with Gasteiger partial charge < -0.3 is 15.4 Å². The minimum Gasteiger partial charge on any atom is -0.435 e. The number of ether oxygens (including phenoxy) is 1. The van der Waals surface area contributed by atoms with Gasteiger partial charge >= 0.3 is 6.61 Å². The summed E-state index contributed by atoms with van der Waals surface area (Å²) in [6, 6.07) is 10.1. The summed E-state index contributed by atoms with van der Waals surface area (Å²) in [5.74, 6) is -0.784. The van der Waals surface area contributed by atoms with E-state index in [0.29, 0.717) is 5.69 Å². The van der Waals surface area contributed by atoms with Gasteiger partial charge in [0, 0.05) is 17.3 Å². The van der Waals surface area contributed by atoms with Crippen LogP contribution in [0.15, 0.2) is 42.5 Å². The first-order valence-electron chi connectivity index (χ1n) is 7.89. The highest BCUT2D eigenvalue weighted by molar-refractivity contribution is 6.34. The van der Waals surface area contributed by atoms with Crippen LogP contribution < -0.4 is 15.4 Å². The van der Waals surface area contributed by atoms with E-state index in [-0.39, 0.29) is 33.8 Å². The van der Waals surface area contributed by atoms with Crippen LogP contribution in [0.25, 0.3) is 0 Å². The number of alkyl halides is 2. The summed E-state index contributed by atoms with van der Waals surface area (Å²) in [4.78, 5) is 24.4. The van der Waals surface area contributed by atoms with Gasteiger partial charge in [0.2, 0.25) is 0 Å². The van der Waals surface area contributed by atoms with E-state index in [4.69, 9.17) is 11.6 Å². The third-order valence-corrected chi connectivity index (χ3v) is 4.05. The van der Waals surface area contributed by atoms with Gasteiger partial charge in [0.05, 0.1) is 10.6 Å². The van der Waals surface area contributed by atoms with Gasteiger partial charge in [-0.25, -0.2) is 0 Å². The minimum atomic E-state index is -2.93. The highest BCUT2D eigenvalue weighted by atomic mass is 35.5. The first kappa shape index (κ1) is 18.1. The summed E-state index contributed by atoms with van der Waals surface area (Å²) in [5.41, 5.74) is 0.927. The SMILES string of the molecule is O=C(Nc1ccc(Cl)c(C(=O)NC2CC2)c1)c1ccc(OC(F)F)cc1. The van der Waals surface area contributed by atoms with Crippen molar-refractivity contribution in [3.63, 3.8) is 0 Å². The molecule has 26 heavy (non-hydrogen) atoms. The number of benzene rings is 2. The van der Waals surface area contributed by atoms with E-state index in [0.717, 1.165) is 12.8 Å². The van der Waals surface area contributed by atoms with Crippen LogP contribution in [-0.2, 0) is 0 Å². The van der Waals surface area contributed by atoms with Gasteiger partial charge in [-0.2, -0.15) is 8.78 Å². The van der Waals surface area contributed by atoms with Crippen molar-refractivity contribution < 1.29 is 23.1 Å². The quantitative estimate of drug-likeness (QED) is 0.793. The molecule has 3 rings (SSSR count). The number of rotatable bonds is 6. The topological polar surface area (TPSA) is 67.4 Å². The zero-order valence-electron chi connectivity index (χ0n) is 13.5. The second-order valence-electron chi connectivity index (χ2n) is 5.80. The summed E-state index contributed by atoms with van der Waals surface area (Å²) in [5, 5.41) is 5.76. The second-order valence-corrected chi connectivity index (χ2v) is 6.21. The molecule has 0 atom stereocenters. The molecular formula is C18H15ClF2N2O3. The molecular weight excluding hydrogens is 366 g/mol. The lowest BCUT2D eigenvalue weighted by Gasteiger charge is -2.10. The van der Waals surface area contributed by atoms with Crippen molar-refractivity contribution in [1.29, 1.82) is 0 Å². The molecule has 136 valence electrons. The number of carbonyl (C=O) groups excluding carboxylic acids is 2. The largest absolute Gasteiger partial charge is 0.435 e. The second kappa shape index (κ2) is 7.70. The summed E-state index contributed by atoms with van der Waals surface area (Å²) < 4.78 is 28.5. The van der Waals surface area contributed by atoms with Gasteiger partial charge in [0.25, 0.3) is 11.8 Å². The highest BCUT2D eigenvalue weighted by Gasteiger charge is 2.25. The van der Waals surface area contributed by atoms with Crippen LogP contribution in [0.3, 0.4) is 0 Å². The average molecular weight is 381 g/mol. The summed E-state index contributed by atoms with van der Waals surface area (Å²) in [6.07, 6.45) is 1.90. The predicted octanol–water partition coefficient (Wildman–Crippen LogP) is 4.09. The number of nitrogens with one attached hydrogen (secondary N) is 2. The van der Waals surface area contributed by atoms with E-state index in [9.17, 15) is 18.4 Å². The standard InChI is InChI=1S/C18H15ClF2N2O3/c19-15-8-5-12(9-14(15)17(25)22-11-3-4-11)23-16(24)10-1-6-13(7-2-10)26-18(20)21/h1-2,5-9,11,18H,3-4H2,(H,22,25)(H,23,24). The Morgan fingerprint density at radius 1 is 1.08 bits per heavy atom. The Balaban J connectivity index is 1.69. The molecule has 0 radical (unpaired) electrons. The third-order valence-electron chi connectivity index (χ3n) is 3.72. The fourth-order valence-electron chi connectivity index (χ4n) is 2.26. The van der Waals surface area contributed by atoms with Crippen LogP contribution in [0, 0.1) is 0 Å². The number of hydrogen-bond donors (Lipinski definition) is 2. The molecule has 2 N–H and O–H groups in total. The first-order chi connectivity index (χ1) is 12.4. The van der Waals surface area contributed by atoms with Crippen LogP contribution in [0.5, 0.6) is 5.75 Å². The van der Waals surface area contributed by atoms with E-state index in [1.165, 1.54) is 36.4 Å². The minimum absolute atomic E-state index is 0.0397. The maximum absolute atomic E-state index is 12.3. The Kier molecular flexibility index (Phi) is 5.37. The van der Waals surface area contributed by atoms with Gasteiger partial charge in [-0.05, 0) is 55.3 Å². The first-order valence-corrected chi connectivity index (χ1v) is 8.27. The molecule has 0 aliphatic heterocycles. The summed E-state index contributed by atoms with van der Waals surface area (Å²) >= 11 is 6.06. The molecule has 8 heteroatoms. The molecule has 5 nitrogen and oxygen atoms in total. The van der Waals surface area contributed by atoms with Gasteiger partial charge in [-0.3, -0.25) is 9.59 Å². The zero-order valence-corrected chi connectivity index (χ0v) is 14.2. The van der Waals surface area contributed by atoms with Gasteiger partial charge in [0.15, 0.2) is 0 Å². The van der Waals surface area contributed by atoms with E-state index in [1.54, 1.807) is 6.07 Å². The Hall–Kier alpha value is -2.67. The van der Waals surface area contributed by atoms with Gasteiger partial charge in [0.1, 0.15) is 5.75 Å². The lowest BCUT2D eigenvalue weighted by Crippen LogP contribution is -2.25. The molecule has 1 saturated carbocycles. The molecule has 2 aromatic rings. The molecule has 0 heterocycles. The monoisotopic (exact) mass is 380 g/mol. The van der Waals surface area contributed by atoms with E-state index < -0.39 is 12.5 Å². The van der Waals surface area contributed by atoms with Crippen molar-refractivity contribution in [1.82, 2.24) is 5.32 Å². The fourth-order valence-corrected chi connectivity index (χ4v) is 2.46. The number of halogens is 3. The molecule has 0 bridgehead atoms. The lowest BCUT2D eigenvalue weighted by molar-refractivity contribution is -0.0498. The zero-order chi connectivity index (χ0) is 18.7. The fraction of sp³-hybridized carbons (Fsp3) is 0.222. The van der Waals surface area contributed by atoms with Crippen LogP contribution in [0.1, 0.15) is 33.6 Å². The Bertz CT molecular complexity index is 824. The van der Waals surface area contributed by atoms with E-state index in [2.05, 4.69) is 15.4 Å². The van der Waals surface area contributed by atoms with E-state index >= 15 is 0 Å². The summed E-state index contributed by atoms with van der Waals surface area (Å²) in [7, 11) is 0. The van der Waals surface area contributed by atoms with Gasteiger partial charge in [-0.1, -0.05) is 11.6 Å². The molecule has 1 aliphatic rings. The molecule has 2 amide bonds. The van der Waals surface area contributed by atoms with Crippen molar-refractivity contribution in [2.24, 2.45) is 0 Å². The lowest BCUT2D eigenvalue weighted by atomic mass is 10.1. The van der Waals surface area contributed by atoms with Gasteiger partial charge in [-0.15, -0.1) is 0 Å². The normalized spacial score (nSPS) is 13.4. The highest BCUT2D eigenvalue weighted by Crippen LogP contribution is 2.24. The number of amides is 2.